The van der Waals surface area contributed by atoms with Gasteiger partial charge in [-0.05, 0) is 47.6 Å². The van der Waals surface area contributed by atoms with E-state index in [9.17, 15) is 4.79 Å². The van der Waals surface area contributed by atoms with Gasteiger partial charge in [0.15, 0.2) is 0 Å². The van der Waals surface area contributed by atoms with Gasteiger partial charge < -0.3 is 4.74 Å². The summed E-state index contributed by atoms with van der Waals surface area (Å²) in [5, 5.41) is 2.02. The Labute approximate surface area is 119 Å². The van der Waals surface area contributed by atoms with Gasteiger partial charge in [-0.25, -0.2) is 0 Å². The van der Waals surface area contributed by atoms with Gasteiger partial charge in [0.2, 0.25) is 0 Å². The van der Waals surface area contributed by atoms with Crippen LogP contribution in [0.1, 0.15) is 33.6 Å². The van der Waals surface area contributed by atoms with Crippen molar-refractivity contribution in [3.8, 4) is 0 Å². The highest BCUT2D eigenvalue weighted by Gasteiger charge is 2.36. The van der Waals surface area contributed by atoms with Crippen molar-refractivity contribution in [3.63, 3.8) is 0 Å². The molecule has 1 atom stereocenters. The van der Waals surface area contributed by atoms with Crippen LogP contribution in [0.3, 0.4) is 0 Å². The third-order valence-corrected chi connectivity index (χ3v) is 5.99. The van der Waals surface area contributed by atoms with Gasteiger partial charge in [0.05, 0.1) is 10.8 Å². The van der Waals surface area contributed by atoms with Gasteiger partial charge in [0, 0.05) is 4.47 Å². The van der Waals surface area contributed by atoms with E-state index in [1.54, 1.807) is 23.1 Å². The van der Waals surface area contributed by atoms with Crippen molar-refractivity contribution in [1.82, 2.24) is 0 Å². The third-order valence-electron chi connectivity index (χ3n) is 2.34. The van der Waals surface area contributed by atoms with Crippen molar-refractivity contribution < 1.29 is 9.53 Å². The molecule has 0 aliphatic heterocycles. The Bertz CT molecular complexity index is 378. The van der Waals surface area contributed by atoms with Gasteiger partial charge in [0.25, 0.3) is 0 Å². The Hall–Kier alpha value is -0.000000000000000111. The molecular formula is C12H17BrO2S2. The number of rotatable bonds is 6. The number of carbonyl (C=O) groups is 1. The van der Waals surface area contributed by atoms with Crippen LogP contribution in [0.4, 0.5) is 0 Å². The van der Waals surface area contributed by atoms with E-state index in [0.29, 0.717) is 6.61 Å². The topological polar surface area (TPSA) is 26.3 Å². The number of halogens is 1. The van der Waals surface area contributed by atoms with E-state index in [2.05, 4.69) is 22.9 Å². The smallest absolute Gasteiger partial charge is 0.322 e. The highest BCUT2D eigenvalue weighted by molar-refractivity contribution is 9.10. The van der Waals surface area contributed by atoms with E-state index < -0.39 is 4.75 Å². The lowest BCUT2D eigenvalue weighted by Gasteiger charge is -2.25. The third kappa shape index (κ3) is 4.00. The predicted molar refractivity (Wildman–Crippen MR) is 77.8 cm³/mol. The van der Waals surface area contributed by atoms with Gasteiger partial charge in [-0.1, -0.05) is 25.1 Å². The summed E-state index contributed by atoms with van der Waals surface area (Å²) in [5.74, 6) is -0.118. The number of thioether (sulfide) groups is 1. The predicted octanol–water partition coefficient (Wildman–Crippen LogP) is 4.72. The van der Waals surface area contributed by atoms with Crippen LogP contribution in [0.5, 0.6) is 0 Å². The lowest BCUT2D eigenvalue weighted by Crippen LogP contribution is -2.33. The van der Waals surface area contributed by atoms with Crippen LogP contribution < -0.4 is 0 Å². The van der Waals surface area contributed by atoms with E-state index >= 15 is 0 Å². The number of thiophene rings is 1. The fourth-order valence-electron chi connectivity index (χ4n) is 1.51. The largest absolute Gasteiger partial charge is 0.465 e. The maximum atomic E-state index is 12.0. The molecule has 5 heteroatoms. The molecule has 1 unspecified atom stereocenters. The van der Waals surface area contributed by atoms with E-state index in [1.165, 1.54) is 0 Å². The number of esters is 1. The van der Waals surface area contributed by atoms with Crippen LogP contribution in [0.2, 0.25) is 0 Å². The Morgan fingerprint density at radius 1 is 1.59 bits per heavy atom. The zero-order valence-electron chi connectivity index (χ0n) is 10.3. The summed E-state index contributed by atoms with van der Waals surface area (Å²) in [6.45, 7) is 6.33. The summed E-state index contributed by atoms with van der Waals surface area (Å²) in [7, 11) is 0. The molecule has 0 spiro atoms. The van der Waals surface area contributed by atoms with Crippen molar-refractivity contribution in [2.75, 3.05) is 6.61 Å². The van der Waals surface area contributed by atoms with Crippen LogP contribution in [-0.4, -0.2) is 17.3 Å². The van der Waals surface area contributed by atoms with Gasteiger partial charge in [-0.15, -0.1) is 11.3 Å². The van der Waals surface area contributed by atoms with Crippen molar-refractivity contribution in [2.45, 2.75) is 42.6 Å². The second-order valence-electron chi connectivity index (χ2n) is 3.86. The first kappa shape index (κ1) is 15.1. The van der Waals surface area contributed by atoms with E-state index in [0.717, 1.165) is 21.5 Å². The average molecular weight is 337 g/mol. The Balaban J connectivity index is 2.84. The zero-order chi connectivity index (χ0) is 12.9. The van der Waals surface area contributed by atoms with Crippen molar-refractivity contribution in [2.24, 2.45) is 0 Å². The normalized spacial score (nSPS) is 14.4. The van der Waals surface area contributed by atoms with Gasteiger partial charge in [0.1, 0.15) is 4.75 Å². The summed E-state index contributed by atoms with van der Waals surface area (Å²) in [5.41, 5.74) is 0. The number of hydrogen-bond donors (Lipinski definition) is 0. The van der Waals surface area contributed by atoms with Crippen molar-refractivity contribution in [3.05, 3.63) is 15.9 Å². The van der Waals surface area contributed by atoms with Gasteiger partial charge in [-0.3, -0.25) is 4.79 Å². The van der Waals surface area contributed by atoms with E-state index in [-0.39, 0.29) is 5.97 Å². The second-order valence-corrected chi connectivity index (χ2v) is 7.40. The molecule has 0 aliphatic carbocycles. The van der Waals surface area contributed by atoms with Crippen molar-refractivity contribution in [1.29, 1.82) is 0 Å². The van der Waals surface area contributed by atoms with Crippen molar-refractivity contribution >= 4 is 45.0 Å². The SMILES string of the molecule is CCCC(C)(Sc1sccc1Br)C(=O)OCC. The molecule has 0 amide bonds. The maximum absolute atomic E-state index is 12.0. The minimum Gasteiger partial charge on any atom is -0.465 e. The molecule has 0 saturated carbocycles. The van der Waals surface area contributed by atoms with Crippen LogP contribution >= 0.6 is 39.0 Å². The molecule has 0 radical (unpaired) electrons. The molecule has 1 aromatic rings. The monoisotopic (exact) mass is 336 g/mol. The summed E-state index contributed by atoms with van der Waals surface area (Å²) in [6, 6.07) is 2.00. The molecule has 0 saturated heterocycles. The fourth-order valence-corrected chi connectivity index (χ4v) is 4.79. The first-order valence-corrected chi connectivity index (χ1v) is 8.11. The van der Waals surface area contributed by atoms with Crippen LogP contribution in [0, 0.1) is 0 Å². The molecule has 1 rings (SSSR count). The van der Waals surface area contributed by atoms with Crippen LogP contribution in [0.25, 0.3) is 0 Å². The number of ether oxygens (including phenoxy) is 1. The van der Waals surface area contributed by atoms with Crippen LogP contribution in [0.15, 0.2) is 20.1 Å². The molecule has 1 aromatic heterocycles. The molecule has 17 heavy (non-hydrogen) atoms. The molecule has 0 bridgehead atoms. The summed E-state index contributed by atoms with van der Waals surface area (Å²) >= 11 is 6.74. The quantitative estimate of drug-likeness (QED) is 0.555. The summed E-state index contributed by atoms with van der Waals surface area (Å²) < 4.78 is 6.88. The lowest BCUT2D eigenvalue weighted by molar-refractivity contribution is -0.145. The number of carbonyl (C=O) groups excluding carboxylic acids is 1. The molecule has 0 N–H and O–H groups in total. The maximum Gasteiger partial charge on any atom is 0.322 e. The second kappa shape index (κ2) is 6.81. The Morgan fingerprint density at radius 2 is 2.29 bits per heavy atom. The first-order chi connectivity index (χ1) is 8.03. The Morgan fingerprint density at radius 3 is 2.76 bits per heavy atom. The average Bonchev–Trinajstić information content (AvgIpc) is 2.65. The highest BCUT2D eigenvalue weighted by atomic mass is 79.9. The molecule has 1 heterocycles. The summed E-state index contributed by atoms with van der Waals surface area (Å²) in [4.78, 5) is 12.0. The molecule has 0 fully saturated rings. The summed E-state index contributed by atoms with van der Waals surface area (Å²) in [6.07, 6.45) is 1.78. The van der Waals surface area contributed by atoms with Gasteiger partial charge >= 0.3 is 5.97 Å². The standard InChI is InChI=1S/C12H17BrO2S2/c1-4-7-12(3,11(14)15-5-2)17-10-9(13)6-8-16-10/h6,8H,4-5,7H2,1-3H3. The Kier molecular flexibility index (Phi) is 6.03. The zero-order valence-corrected chi connectivity index (χ0v) is 13.5. The number of hydrogen-bond acceptors (Lipinski definition) is 4. The van der Waals surface area contributed by atoms with Crippen LogP contribution in [-0.2, 0) is 9.53 Å². The van der Waals surface area contributed by atoms with Gasteiger partial charge in [-0.2, -0.15) is 0 Å². The lowest BCUT2D eigenvalue weighted by atomic mass is 10.1. The molecular weight excluding hydrogens is 320 g/mol. The molecule has 0 aromatic carbocycles. The first-order valence-electron chi connectivity index (χ1n) is 5.62. The van der Waals surface area contributed by atoms with E-state index in [1.807, 2.05) is 25.3 Å². The molecule has 2 nitrogen and oxygen atoms in total. The molecule has 96 valence electrons. The minimum absolute atomic E-state index is 0.118. The van der Waals surface area contributed by atoms with E-state index in [4.69, 9.17) is 4.74 Å². The fraction of sp³-hybridized carbons (Fsp3) is 0.583. The highest BCUT2D eigenvalue weighted by Crippen LogP contribution is 2.43. The molecule has 0 aliphatic rings. The minimum atomic E-state index is -0.488.